The van der Waals surface area contributed by atoms with Gasteiger partial charge in [0, 0.05) is 7.11 Å². The Morgan fingerprint density at radius 1 is 0.963 bits per heavy atom. The Kier molecular flexibility index (Phi) is 5.52. The average Bonchev–Trinajstić information content (AvgIpc) is 2.93. The topological polar surface area (TPSA) is 82.1 Å². The van der Waals surface area contributed by atoms with Crippen molar-refractivity contribution in [2.75, 3.05) is 25.2 Å². The van der Waals surface area contributed by atoms with Gasteiger partial charge in [0.05, 0.1) is 23.4 Å². The number of benzene rings is 2. The highest BCUT2D eigenvalue weighted by Crippen LogP contribution is 2.29. The summed E-state index contributed by atoms with van der Waals surface area (Å²) in [6.45, 7) is 2.04. The molecule has 2 aromatic rings. The lowest BCUT2D eigenvalue weighted by molar-refractivity contribution is -0.152. The normalized spacial score (nSPS) is 14.1. The number of methoxy groups -OCH3 is 1. The molecule has 1 atom stereocenters. The summed E-state index contributed by atoms with van der Waals surface area (Å²) in [6.07, 6.45) is -0.799. The number of rotatable bonds is 7. The molecular formula is C20H19NO6. The van der Waals surface area contributed by atoms with E-state index in [2.05, 4.69) is 0 Å². The van der Waals surface area contributed by atoms with E-state index in [1.165, 1.54) is 7.11 Å². The maximum Gasteiger partial charge on any atom is 0.347 e. The molecule has 2 aromatic carbocycles. The van der Waals surface area contributed by atoms with E-state index < -0.39 is 12.1 Å². The van der Waals surface area contributed by atoms with Crippen LogP contribution in [0.4, 0.5) is 5.69 Å². The molecule has 27 heavy (non-hydrogen) atoms. The van der Waals surface area contributed by atoms with Gasteiger partial charge in [-0.2, -0.15) is 0 Å². The Morgan fingerprint density at radius 2 is 1.56 bits per heavy atom. The van der Waals surface area contributed by atoms with Crippen molar-refractivity contribution >= 4 is 23.5 Å². The number of amides is 2. The van der Waals surface area contributed by atoms with E-state index >= 15 is 0 Å². The van der Waals surface area contributed by atoms with Gasteiger partial charge in [0.15, 0.2) is 6.10 Å². The minimum atomic E-state index is -0.799. The van der Waals surface area contributed by atoms with Gasteiger partial charge in [0.2, 0.25) is 0 Å². The molecular weight excluding hydrogens is 350 g/mol. The molecule has 0 saturated heterocycles. The van der Waals surface area contributed by atoms with Crippen molar-refractivity contribution in [3.05, 3.63) is 59.7 Å². The molecule has 0 radical (unpaired) electrons. The van der Waals surface area contributed by atoms with E-state index in [1.54, 1.807) is 55.5 Å². The molecule has 0 unspecified atom stereocenters. The summed E-state index contributed by atoms with van der Waals surface area (Å²) < 4.78 is 15.4. The third-order valence-corrected chi connectivity index (χ3v) is 4.07. The lowest BCUT2D eigenvalue weighted by Gasteiger charge is -2.16. The van der Waals surface area contributed by atoms with Crippen molar-refractivity contribution in [3.8, 4) is 5.75 Å². The smallest absolute Gasteiger partial charge is 0.347 e. The second-order valence-electron chi connectivity index (χ2n) is 5.91. The van der Waals surface area contributed by atoms with Crippen LogP contribution in [0, 0.1) is 0 Å². The lowest BCUT2D eigenvalue weighted by Crippen LogP contribution is -2.29. The molecule has 7 heteroatoms. The summed E-state index contributed by atoms with van der Waals surface area (Å²) in [6, 6.07) is 13.1. The molecule has 0 N–H and O–H groups in total. The number of hydrogen-bond donors (Lipinski definition) is 0. The van der Waals surface area contributed by atoms with Gasteiger partial charge in [-0.1, -0.05) is 12.1 Å². The first-order chi connectivity index (χ1) is 13.0. The van der Waals surface area contributed by atoms with E-state index in [4.69, 9.17) is 14.2 Å². The zero-order valence-electron chi connectivity index (χ0n) is 15.0. The van der Waals surface area contributed by atoms with Crippen molar-refractivity contribution < 1.29 is 28.6 Å². The van der Waals surface area contributed by atoms with Gasteiger partial charge in [-0.3, -0.25) is 9.59 Å². The molecule has 0 fully saturated rings. The predicted molar refractivity (Wildman–Crippen MR) is 96.9 cm³/mol. The Hall–Kier alpha value is -3.19. The summed E-state index contributed by atoms with van der Waals surface area (Å²) in [7, 11) is 1.52. The van der Waals surface area contributed by atoms with Gasteiger partial charge >= 0.3 is 5.97 Å². The Bertz CT molecular complexity index is 826. The predicted octanol–water partition coefficient (Wildman–Crippen LogP) is 2.44. The van der Waals surface area contributed by atoms with Crippen LogP contribution in [0.1, 0.15) is 27.6 Å². The van der Waals surface area contributed by atoms with Gasteiger partial charge in [-0.25, -0.2) is 9.69 Å². The summed E-state index contributed by atoms with van der Waals surface area (Å²) in [4.78, 5) is 37.9. The summed E-state index contributed by atoms with van der Waals surface area (Å²) >= 11 is 0. The quantitative estimate of drug-likeness (QED) is 0.424. The van der Waals surface area contributed by atoms with E-state index in [0.717, 1.165) is 4.90 Å². The van der Waals surface area contributed by atoms with Crippen LogP contribution < -0.4 is 9.64 Å². The largest absolute Gasteiger partial charge is 0.479 e. The molecule has 0 aromatic heterocycles. The van der Waals surface area contributed by atoms with Crippen LogP contribution in [-0.2, 0) is 14.3 Å². The maximum atomic E-state index is 12.5. The van der Waals surface area contributed by atoms with E-state index in [1.807, 2.05) is 0 Å². The third kappa shape index (κ3) is 3.83. The standard InChI is InChI=1S/C20H19NO6/c1-13(20(24)26-12-11-25-2)27-15-9-7-14(8-10-15)21-18(22)16-5-3-4-6-17(16)19(21)23/h3-10,13H,11-12H2,1-2H3/t13-/m0/s1. The molecule has 0 spiro atoms. The van der Waals surface area contributed by atoms with Gasteiger partial charge in [-0.05, 0) is 43.3 Å². The van der Waals surface area contributed by atoms with E-state index in [-0.39, 0.29) is 18.4 Å². The fraction of sp³-hybridized carbons (Fsp3) is 0.250. The van der Waals surface area contributed by atoms with E-state index in [0.29, 0.717) is 29.2 Å². The van der Waals surface area contributed by atoms with Gasteiger partial charge in [-0.15, -0.1) is 0 Å². The maximum absolute atomic E-state index is 12.5. The summed E-state index contributed by atoms with van der Waals surface area (Å²) in [5, 5.41) is 0. The lowest BCUT2D eigenvalue weighted by atomic mass is 10.1. The van der Waals surface area contributed by atoms with Crippen LogP contribution >= 0.6 is 0 Å². The minimum absolute atomic E-state index is 0.154. The molecule has 1 aliphatic rings. The van der Waals surface area contributed by atoms with Crippen LogP contribution in [0.15, 0.2) is 48.5 Å². The van der Waals surface area contributed by atoms with E-state index in [9.17, 15) is 14.4 Å². The number of nitrogens with zero attached hydrogens (tertiary/aromatic N) is 1. The zero-order valence-corrected chi connectivity index (χ0v) is 15.0. The average molecular weight is 369 g/mol. The molecule has 0 saturated carbocycles. The first kappa shape index (κ1) is 18.6. The number of carbonyl (C=O) groups is 3. The SMILES string of the molecule is COCCOC(=O)[C@H](C)Oc1ccc(N2C(=O)c3ccccc3C2=O)cc1. The highest BCUT2D eigenvalue weighted by Gasteiger charge is 2.36. The monoisotopic (exact) mass is 369 g/mol. The highest BCUT2D eigenvalue weighted by atomic mass is 16.6. The second-order valence-corrected chi connectivity index (χ2v) is 5.91. The third-order valence-electron chi connectivity index (χ3n) is 4.07. The first-order valence-corrected chi connectivity index (χ1v) is 8.43. The number of imide groups is 1. The molecule has 1 aliphatic heterocycles. The molecule has 0 aliphatic carbocycles. The molecule has 7 nitrogen and oxygen atoms in total. The summed E-state index contributed by atoms with van der Waals surface area (Å²) in [5.74, 6) is -0.804. The van der Waals surface area contributed by atoms with Crippen molar-refractivity contribution in [1.82, 2.24) is 0 Å². The fourth-order valence-electron chi connectivity index (χ4n) is 2.69. The zero-order chi connectivity index (χ0) is 19.4. The van der Waals surface area contributed by atoms with Crippen molar-refractivity contribution in [2.24, 2.45) is 0 Å². The summed E-state index contributed by atoms with van der Waals surface area (Å²) in [5.41, 5.74) is 1.20. The first-order valence-electron chi connectivity index (χ1n) is 8.43. The fourth-order valence-corrected chi connectivity index (χ4v) is 2.69. The van der Waals surface area contributed by atoms with Crippen LogP contribution in [0.5, 0.6) is 5.75 Å². The Morgan fingerprint density at radius 3 is 2.11 bits per heavy atom. The number of anilines is 1. The van der Waals surface area contributed by atoms with Gasteiger partial charge in [0.1, 0.15) is 12.4 Å². The molecule has 1 heterocycles. The van der Waals surface area contributed by atoms with Gasteiger partial charge in [0.25, 0.3) is 11.8 Å². The van der Waals surface area contributed by atoms with Crippen molar-refractivity contribution in [3.63, 3.8) is 0 Å². The van der Waals surface area contributed by atoms with Gasteiger partial charge < -0.3 is 14.2 Å². The Balaban J connectivity index is 1.67. The van der Waals surface area contributed by atoms with Crippen LogP contribution in [0.2, 0.25) is 0 Å². The number of fused-ring (bicyclic) bond motifs is 1. The number of esters is 1. The van der Waals surface area contributed by atoms with Crippen LogP contribution in [0.3, 0.4) is 0 Å². The molecule has 3 rings (SSSR count). The highest BCUT2D eigenvalue weighted by molar-refractivity contribution is 6.34. The molecule has 140 valence electrons. The van der Waals surface area contributed by atoms with Crippen molar-refractivity contribution in [2.45, 2.75) is 13.0 Å². The van der Waals surface area contributed by atoms with Crippen molar-refractivity contribution in [1.29, 1.82) is 0 Å². The number of ether oxygens (including phenoxy) is 3. The minimum Gasteiger partial charge on any atom is -0.479 e. The Labute approximate surface area is 156 Å². The molecule has 0 bridgehead atoms. The number of carbonyl (C=O) groups excluding carboxylic acids is 3. The number of hydrogen-bond acceptors (Lipinski definition) is 6. The van der Waals surface area contributed by atoms with Crippen LogP contribution in [0.25, 0.3) is 0 Å². The molecule has 2 amide bonds. The second kappa shape index (κ2) is 8.01. The van der Waals surface area contributed by atoms with Crippen LogP contribution in [-0.4, -0.2) is 44.2 Å².